The van der Waals surface area contributed by atoms with Crippen LogP contribution < -0.4 is 5.32 Å². The monoisotopic (exact) mass is 373 g/mol. The fourth-order valence-corrected chi connectivity index (χ4v) is 3.46. The highest BCUT2D eigenvalue weighted by Crippen LogP contribution is 2.28. The van der Waals surface area contributed by atoms with E-state index in [0.29, 0.717) is 30.5 Å². The van der Waals surface area contributed by atoms with Crippen LogP contribution in [-0.2, 0) is 9.59 Å². The van der Waals surface area contributed by atoms with Crippen molar-refractivity contribution in [1.29, 1.82) is 0 Å². The third-order valence-electron chi connectivity index (χ3n) is 4.88. The van der Waals surface area contributed by atoms with E-state index in [1.807, 2.05) is 54.6 Å². The molecule has 1 heterocycles. The first-order valence-electron chi connectivity index (χ1n) is 9.10. The van der Waals surface area contributed by atoms with Crippen molar-refractivity contribution >= 4 is 40.6 Å². The van der Waals surface area contributed by atoms with Crippen LogP contribution in [0.15, 0.2) is 59.7 Å². The smallest absolute Gasteiger partial charge is 0.332 e. The van der Waals surface area contributed by atoms with Crippen molar-refractivity contribution in [1.82, 2.24) is 10.2 Å². The minimum Gasteiger partial charge on any atom is -0.478 e. The number of hydrogen-bond donors (Lipinski definition) is 3. The molecule has 3 aromatic rings. The van der Waals surface area contributed by atoms with Gasteiger partial charge < -0.3 is 10.4 Å². The maximum absolute atomic E-state index is 12.6. The van der Waals surface area contributed by atoms with Crippen molar-refractivity contribution in [2.24, 2.45) is 0 Å². The number of nitrogens with zero attached hydrogens (tertiary/aromatic N) is 1. The van der Waals surface area contributed by atoms with Crippen LogP contribution in [0.2, 0.25) is 0 Å². The highest BCUT2D eigenvalue weighted by atomic mass is 16.4. The van der Waals surface area contributed by atoms with Gasteiger partial charge in [-0.05, 0) is 43.0 Å². The molecule has 0 radical (unpaired) electrons. The molecule has 0 bridgehead atoms. The summed E-state index contributed by atoms with van der Waals surface area (Å²) < 4.78 is 0. The summed E-state index contributed by atoms with van der Waals surface area (Å²) >= 11 is 0. The number of nitrogens with one attached hydrogen (secondary N) is 2. The van der Waals surface area contributed by atoms with Crippen molar-refractivity contribution in [2.45, 2.75) is 19.3 Å². The zero-order valence-corrected chi connectivity index (χ0v) is 15.1. The number of benzene rings is 2. The molecular weight excluding hydrogens is 354 g/mol. The van der Waals surface area contributed by atoms with Crippen molar-refractivity contribution in [2.75, 3.05) is 5.32 Å². The molecular formula is C22H19N3O3. The maximum Gasteiger partial charge on any atom is 0.332 e. The van der Waals surface area contributed by atoms with Crippen molar-refractivity contribution in [3.63, 3.8) is 0 Å². The lowest BCUT2D eigenvalue weighted by Gasteiger charge is -2.10. The predicted molar refractivity (Wildman–Crippen MR) is 109 cm³/mol. The number of aromatic amines is 1. The number of aliphatic carboxylic acids is 1. The Kier molecular flexibility index (Phi) is 4.76. The number of hydrogen-bond acceptors (Lipinski definition) is 3. The van der Waals surface area contributed by atoms with Crippen LogP contribution in [0.5, 0.6) is 0 Å². The molecule has 2 aromatic carbocycles. The topological polar surface area (TPSA) is 95.1 Å². The Hall–Kier alpha value is -3.67. The summed E-state index contributed by atoms with van der Waals surface area (Å²) in [4.78, 5) is 23.9. The van der Waals surface area contributed by atoms with Gasteiger partial charge in [-0.1, -0.05) is 42.5 Å². The Bertz CT molecular complexity index is 1120. The molecule has 6 nitrogen and oxygen atoms in total. The van der Waals surface area contributed by atoms with Gasteiger partial charge in [-0.2, -0.15) is 5.10 Å². The zero-order chi connectivity index (χ0) is 19.5. The average molecular weight is 373 g/mol. The summed E-state index contributed by atoms with van der Waals surface area (Å²) in [5.74, 6) is -1.36. The van der Waals surface area contributed by atoms with Gasteiger partial charge in [0.1, 0.15) is 0 Å². The zero-order valence-electron chi connectivity index (χ0n) is 15.1. The lowest BCUT2D eigenvalue weighted by molar-refractivity contribution is -0.133. The lowest BCUT2D eigenvalue weighted by Crippen LogP contribution is -2.16. The molecule has 0 saturated carbocycles. The number of aromatic nitrogens is 2. The molecule has 0 unspecified atom stereocenters. The highest BCUT2D eigenvalue weighted by molar-refractivity contribution is 6.10. The minimum atomic E-state index is -1.01. The second-order valence-corrected chi connectivity index (χ2v) is 6.64. The van der Waals surface area contributed by atoms with Gasteiger partial charge in [0.15, 0.2) is 0 Å². The Labute approximate surface area is 161 Å². The van der Waals surface area contributed by atoms with Crippen LogP contribution in [0.4, 0.5) is 5.69 Å². The highest BCUT2D eigenvalue weighted by Gasteiger charge is 2.25. The minimum absolute atomic E-state index is 0.216. The normalized spacial score (nSPS) is 14.1. The summed E-state index contributed by atoms with van der Waals surface area (Å²) in [6.07, 6.45) is 5.40. The van der Waals surface area contributed by atoms with Gasteiger partial charge in [0, 0.05) is 22.2 Å². The van der Waals surface area contributed by atoms with E-state index in [1.165, 1.54) is 0 Å². The molecule has 1 aliphatic rings. The van der Waals surface area contributed by atoms with E-state index in [4.69, 9.17) is 0 Å². The Morgan fingerprint density at radius 3 is 2.61 bits per heavy atom. The van der Waals surface area contributed by atoms with Gasteiger partial charge in [0.05, 0.1) is 11.2 Å². The number of carboxylic acid groups (broad SMARTS) is 1. The van der Waals surface area contributed by atoms with Crippen LogP contribution in [0.25, 0.3) is 23.1 Å². The Morgan fingerprint density at radius 2 is 1.75 bits per heavy atom. The van der Waals surface area contributed by atoms with E-state index in [0.717, 1.165) is 22.2 Å². The SMILES string of the molecule is O=C(O)C1=C(C(=O)Nc2ccccc2C=Cc2n[nH]c3ccccc23)CCC1. The largest absolute Gasteiger partial charge is 0.478 e. The number of carbonyl (C=O) groups excluding carboxylic acids is 1. The summed E-state index contributed by atoms with van der Waals surface area (Å²) in [5.41, 5.74) is 3.80. The van der Waals surface area contributed by atoms with Crippen LogP contribution in [0.1, 0.15) is 30.5 Å². The summed E-state index contributed by atoms with van der Waals surface area (Å²) in [6, 6.07) is 15.3. The number of carbonyl (C=O) groups is 2. The number of fused-ring (bicyclic) bond motifs is 1. The molecule has 1 aromatic heterocycles. The lowest BCUT2D eigenvalue weighted by atomic mass is 10.1. The van der Waals surface area contributed by atoms with Crippen molar-refractivity contribution < 1.29 is 14.7 Å². The molecule has 0 aliphatic heterocycles. The molecule has 3 N–H and O–H groups in total. The number of H-pyrrole nitrogens is 1. The van der Waals surface area contributed by atoms with Crippen LogP contribution in [0, 0.1) is 0 Å². The van der Waals surface area contributed by atoms with E-state index in [-0.39, 0.29) is 11.5 Å². The molecule has 0 spiro atoms. The molecule has 0 saturated heterocycles. The van der Waals surface area contributed by atoms with E-state index in [9.17, 15) is 14.7 Å². The van der Waals surface area contributed by atoms with Crippen molar-refractivity contribution in [3.8, 4) is 0 Å². The summed E-state index contributed by atoms with van der Waals surface area (Å²) in [5, 5.41) is 20.5. The van der Waals surface area contributed by atoms with E-state index in [1.54, 1.807) is 6.07 Å². The fraction of sp³-hybridized carbons (Fsp3) is 0.136. The van der Waals surface area contributed by atoms with Gasteiger partial charge in [-0.15, -0.1) is 0 Å². The first-order valence-corrected chi connectivity index (χ1v) is 9.10. The molecule has 1 aliphatic carbocycles. The third kappa shape index (κ3) is 3.44. The fourth-order valence-electron chi connectivity index (χ4n) is 3.46. The second-order valence-electron chi connectivity index (χ2n) is 6.64. The number of para-hydroxylation sites is 2. The number of anilines is 1. The molecule has 28 heavy (non-hydrogen) atoms. The molecule has 1 amide bonds. The number of rotatable bonds is 5. The van der Waals surface area contributed by atoms with Crippen LogP contribution >= 0.6 is 0 Å². The molecule has 0 fully saturated rings. The van der Waals surface area contributed by atoms with Gasteiger partial charge in [0.2, 0.25) is 0 Å². The van der Waals surface area contributed by atoms with Gasteiger partial charge in [-0.3, -0.25) is 9.89 Å². The third-order valence-corrected chi connectivity index (χ3v) is 4.88. The van der Waals surface area contributed by atoms with Crippen LogP contribution in [0.3, 0.4) is 0 Å². The van der Waals surface area contributed by atoms with E-state index < -0.39 is 5.97 Å². The maximum atomic E-state index is 12.6. The number of carboxylic acids is 1. The number of amides is 1. The molecule has 0 atom stereocenters. The summed E-state index contributed by atoms with van der Waals surface area (Å²) in [7, 11) is 0. The van der Waals surface area contributed by atoms with Gasteiger partial charge in [-0.25, -0.2) is 4.79 Å². The predicted octanol–water partition coefficient (Wildman–Crippen LogP) is 4.24. The molecule has 6 heteroatoms. The Morgan fingerprint density at radius 1 is 1.00 bits per heavy atom. The van der Waals surface area contributed by atoms with Crippen molar-refractivity contribution in [3.05, 3.63) is 70.9 Å². The van der Waals surface area contributed by atoms with E-state index >= 15 is 0 Å². The standard InChI is InChI=1S/C22H19N3O3/c26-21(15-8-5-9-16(15)22(27)28)23-18-10-3-1-6-14(18)12-13-20-17-7-2-4-11-19(17)24-25-20/h1-4,6-7,10-13H,5,8-9H2,(H,23,26)(H,24,25)(H,27,28). The average Bonchev–Trinajstić information content (AvgIpc) is 3.35. The van der Waals surface area contributed by atoms with E-state index in [2.05, 4.69) is 15.5 Å². The quantitative estimate of drug-likeness (QED) is 0.623. The molecule has 4 rings (SSSR count). The van der Waals surface area contributed by atoms with Gasteiger partial charge >= 0.3 is 5.97 Å². The first kappa shape index (κ1) is 17.7. The van der Waals surface area contributed by atoms with Crippen LogP contribution in [-0.4, -0.2) is 27.2 Å². The second kappa shape index (κ2) is 7.52. The molecule has 140 valence electrons. The summed E-state index contributed by atoms with van der Waals surface area (Å²) in [6.45, 7) is 0. The van der Waals surface area contributed by atoms with Gasteiger partial charge in [0.25, 0.3) is 5.91 Å². The first-order chi connectivity index (χ1) is 13.6. The Balaban J connectivity index is 1.60.